The highest BCUT2D eigenvalue weighted by atomic mass is 35.5. The number of aliphatic imine (C=N–C) groups is 1. The number of benzene rings is 1. The minimum absolute atomic E-state index is 0. The number of hydrogen-bond donors (Lipinski definition) is 2. The van der Waals surface area contributed by atoms with Gasteiger partial charge in [0.05, 0.1) is 11.2 Å². The van der Waals surface area contributed by atoms with Crippen molar-refractivity contribution in [1.29, 1.82) is 0 Å². The molecule has 16 heavy (non-hydrogen) atoms. The number of halogens is 1. The van der Waals surface area contributed by atoms with E-state index in [0.29, 0.717) is 5.69 Å². The number of aryl methyl sites for hydroxylation is 1. The zero-order valence-corrected chi connectivity index (χ0v) is 9.66. The second kappa shape index (κ2) is 4.81. The quantitative estimate of drug-likeness (QED) is 0.586. The van der Waals surface area contributed by atoms with Gasteiger partial charge >= 0.3 is 0 Å². The molecular formula is C11H13ClN4. The van der Waals surface area contributed by atoms with Gasteiger partial charge in [-0.25, -0.2) is 4.99 Å². The molecule has 0 saturated heterocycles. The first kappa shape index (κ1) is 12.3. The number of para-hydroxylation sites is 1. The summed E-state index contributed by atoms with van der Waals surface area (Å²) in [4.78, 5) is 8.45. The van der Waals surface area contributed by atoms with Crippen LogP contribution in [0.3, 0.4) is 0 Å². The molecule has 2 aromatic rings. The first-order chi connectivity index (χ1) is 7.16. The smallest absolute Gasteiger partial charge is 0.191 e. The van der Waals surface area contributed by atoms with Crippen LogP contribution >= 0.6 is 12.4 Å². The summed E-state index contributed by atoms with van der Waals surface area (Å²) in [6.45, 7) is 1.94. The number of hydrogen-bond acceptors (Lipinski definition) is 2. The summed E-state index contributed by atoms with van der Waals surface area (Å²) in [6, 6.07) is 9.69. The van der Waals surface area contributed by atoms with E-state index in [4.69, 9.17) is 11.5 Å². The van der Waals surface area contributed by atoms with Crippen LogP contribution in [-0.2, 0) is 0 Å². The molecule has 0 spiro atoms. The van der Waals surface area contributed by atoms with Crippen molar-refractivity contribution in [2.45, 2.75) is 6.92 Å². The lowest BCUT2D eigenvalue weighted by Gasteiger charge is -2.02. The molecule has 1 aromatic heterocycles. The lowest BCUT2D eigenvalue weighted by molar-refractivity contribution is 1.25. The van der Waals surface area contributed by atoms with Crippen molar-refractivity contribution >= 4 is 35.0 Å². The Morgan fingerprint density at radius 2 is 1.94 bits per heavy atom. The van der Waals surface area contributed by atoms with Gasteiger partial charge in [0.2, 0.25) is 0 Å². The second-order valence-corrected chi connectivity index (χ2v) is 3.34. The summed E-state index contributed by atoms with van der Waals surface area (Å²) in [5, 5.41) is 1.03. The van der Waals surface area contributed by atoms with Gasteiger partial charge in [-0.3, -0.25) is 4.98 Å². The average Bonchev–Trinajstić information content (AvgIpc) is 2.18. The van der Waals surface area contributed by atoms with Crippen LogP contribution in [0.1, 0.15) is 5.69 Å². The van der Waals surface area contributed by atoms with Gasteiger partial charge in [-0.2, -0.15) is 0 Å². The standard InChI is InChI=1S/C11H12N4.ClH/c1-7-5-6-8-3-2-4-9(10(8)14-7)15-11(12)13;/h2-6H,1H3,(H4,12,13,15);1H. The zero-order valence-electron chi connectivity index (χ0n) is 8.84. The van der Waals surface area contributed by atoms with Gasteiger partial charge in [0, 0.05) is 11.1 Å². The first-order valence-electron chi connectivity index (χ1n) is 4.63. The SMILES string of the molecule is Cc1ccc2cccc(N=C(N)N)c2n1.Cl. The number of pyridine rings is 1. The third-order valence-electron chi connectivity index (χ3n) is 2.09. The third-order valence-corrected chi connectivity index (χ3v) is 2.09. The molecule has 0 unspecified atom stereocenters. The number of nitrogens with two attached hydrogens (primary N) is 2. The summed E-state index contributed by atoms with van der Waals surface area (Å²) in [6.07, 6.45) is 0. The van der Waals surface area contributed by atoms with E-state index < -0.39 is 0 Å². The zero-order chi connectivity index (χ0) is 10.8. The van der Waals surface area contributed by atoms with Gasteiger partial charge < -0.3 is 11.5 Å². The van der Waals surface area contributed by atoms with Crippen molar-refractivity contribution in [1.82, 2.24) is 4.98 Å². The molecule has 0 radical (unpaired) electrons. The highest BCUT2D eigenvalue weighted by Gasteiger charge is 2.01. The van der Waals surface area contributed by atoms with E-state index in [1.165, 1.54) is 0 Å². The molecule has 0 aliphatic heterocycles. The van der Waals surface area contributed by atoms with Crippen LogP contribution in [0.4, 0.5) is 5.69 Å². The third kappa shape index (κ3) is 2.41. The summed E-state index contributed by atoms with van der Waals surface area (Å²) < 4.78 is 0. The number of aromatic nitrogens is 1. The van der Waals surface area contributed by atoms with Crippen molar-refractivity contribution < 1.29 is 0 Å². The van der Waals surface area contributed by atoms with Crippen molar-refractivity contribution in [2.75, 3.05) is 0 Å². The molecule has 2 rings (SSSR count). The predicted octanol–water partition coefficient (Wildman–Crippen LogP) is 1.87. The van der Waals surface area contributed by atoms with Crippen LogP contribution in [0.2, 0.25) is 0 Å². The molecular weight excluding hydrogens is 224 g/mol. The van der Waals surface area contributed by atoms with Crippen LogP contribution in [0.25, 0.3) is 10.9 Å². The Hall–Kier alpha value is -1.81. The van der Waals surface area contributed by atoms with Gasteiger partial charge in [0.15, 0.2) is 5.96 Å². The molecule has 4 N–H and O–H groups in total. The van der Waals surface area contributed by atoms with Gasteiger partial charge in [0.25, 0.3) is 0 Å². The maximum atomic E-state index is 5.35. The fourth-order valence-corrected chi connectivity index (χ4v) is 1.46. The minimum atomic E-state index is 0. The van der Waals surface area contributed by atoms with E-state index in [1.54, 1.807) is 0 Å². The van der Waals surface area contributed by atoms with E-state index in [0.717, 1.165) is 16.6 Å². The molecule has 0 fully saturated rings. The van der Waals surface area contributed by atoms with Crippen LogP contribution in [0.5, 0.6) is 0 Å². The molecule has 0 aliphatic carbocycles. The van der Waals surface area contributed by atoms with Crippen LogP contribution in [0.15, 0.2) is 35.3 Å². The molecule has 0 atom stereocenters. The Labute approximate surface area is 99.8 Å². The molecule has 5 heteroatoms. The van der Waals surface area contributed by atoms with Crippen LogP contribution < -0.4 is 11.5 Å². The fourth-order valence-electron chi connectivity index (χ4n) is 1.46. The summed E-state index contributed by atoms with van der Waals surface area (Å²) >= 11 is 0. The normalized spacial score (nSPS) is 9.56. The maximum absolute atomic E-state index is 5.35. The van der Waals surface area contributed by atoms with E-state index in [-0.39, 0.29) is 18.4 Å². The van der Waals surface area contributed by atoms with Crippen LogP contribution in [0, 0.1) is 6.92 Å². The minimum Gasteiger partial charge on any atom is -0.370 e. The van der Waals surface area contributed by atoms with Gasteiger partial charge in [0.1, 0.15) is 0 Å². The fraction of sp³-hybridized carbons (Fsp3) is 0.0909. The Morgan fingerprint density at radius 1 is 1.19 bits per heavy atom. The number of nitrogens with zero attached hydrogens (tertiary/aromatic N) is 2. The number of guanidine groups is 1. The van der Waals surface area contributed by atoms with Crippen molar-refractivity contribution in [3.63, 3.8) is 0 Å². The van der Waals surface area contributed by atoms with Gasteiger partial charge in [-0.05, 0) is 19.1 Å². The molecule has 1 aromatic carbocycles. The van der Waals surface area contributed by atoms with E-state index in [1.807, 2.05) is 37.3 Å². The molecule has 0 amide bonds. The Morgan fingerprint density at radius 3 is 2.62 bits per heavy atom. The van der Waals surface area contributed by atoms with Crippen molar-refractivity contribution in [3.8, 4) is 0 Å². The van der Waals surface area contributed by atoms with E-state index in [2.05, 4.69) is 9.98 Å². The highest BCUT2D eigenvalue weighted by molar-refractivity contribution is 5.92. The highest BCUT2D eigenvalue weighted by Crippen LogP contribution is 2.23. The van der Waals surface area contributed by atoms with E-state index in [9.17, 15) is 0 Å². The number of rotatable bonds is 1. The molecule has 4 nitrogen and oxygen atoms in total. The summed E-state index contributed by atoms with van der Waals surface area (Å²) in [5.41, 5.74) is 13.2. The summed E-state index contributed by atoms with van der Waals surface area (Å²) in [5.74, 6) is 0.0470. The largest absolute Gasteiger partial charge is 0.370 e. The molecule has 1 heterocycles. The van der Waals surface area contributed by atoms with Gasteiger partial charge in [-0.15, -0.1) is 12.4 Å². The summed E-state index contributed by atoms with van der Waals surface area (Å²) in [7, 11) is 0. The number of fused-ring (bicyclic) bond motifs is 1. The predicted molar refractivity (Wildman–Crippen MR) is 69.2 cm³/mol. The topological polar surface area (TPSA) is 77.3 Å². The van der Waals surface area contributed by atoms with Crippen molar-refractivity contribution in [2.24, 2.45) is 16.5 Å². The van der Waals surface area contributed by atoms with Crippen LogP contribution in [-0.4, -0.2) is 10.9 Å². The molecule has 84 valence electrons. The Bertz CT molecular complexity index is 532. The van der Waals surface area contributed by atoms with Crippen molar-refractivity contribution in [3.05, 3.63) is 36.0 Å². The molecule has 0 saturated carbocycles. The first-order valence-corrected chi connectivity index (χ1v) is 4.63. The lowest BCUT2D eigenvalue weighted by atomic mass is 10.2. The van der Waals surface area contributed by atoms with E-state index >= 15 is 0 Å². The average molecular weight is 237 g/mol. The van der Waals surface area contributed by atoms with Gasteiger partial charge in [-0.1, -0.05) is 18.2 Å². The molecule has 0 bridgehead atoms. The molecule has 0 aliphatic rings. The monoisotopic (exact) mass is 236 g/mol. The Kier molecular flexibility index (Phi) is 3.68. The Balaban J connectivity index is 0.00000128. The second-order valence-electron chi connectivity index (χ2n) is 3.34. The maximum Gasteiger partial charge on any atom is 0.191 e. The lowest BCUT2D eigenvalue weighted by Crippen LogP contribution is -2.21.